The molecule has 0 spiro atoms. The first kappa shape index (κ1) is 14.5. The van der Waals surface area contributed by atoms with Gasteiger partial charge in [-0.05, 0) is 18.8 Å². The maximum Gasteiger partial charge on any atom is 0.212 e. The molecular weight excluding hydrogens is 210 g/mol. The summed E-state index contributed by atoms with van der Waals surface area (Å²) in [6, 6.07) is -0.354. The maximum absolute atomic E-state index is 11.6. The van der Waals surface area contributed by atoms with Crippen molar-refractivity contribution in [2.24, 2.45) is 5.92 Å². The van der Waals surface area contributed by atoms with E-state index in [1.165, 1.54) is 0 Å². The first-order valence-corrected chi connectivity index (χ1v) is 7.02. The number of hydrogen-bond acceptors (Lipinski definition) is 2. The zero-order valence-electron chi connectivity index (χ0n) is 9.79. The third kappa shape index (κ3) is 7.40. The predicted octanol–water partition coefficient (Wildman–Crippen LogP) is 1.75. The van der Waals surface area contributed by atoms with Crippen molar-refractivity contribution in [1.82, 2.24) is 4.72 Å². The van der Waals surface area contributed by atoms with E-state index in [1.54, 1.807) is 0 Å². The fourth-order valence-electron chi connectivity index (χ4n) is 1.13. The van der Waals surface area contributed by atoms with Gasteiger partial charge in [-0.2, -0.15) is 0 Å². The van der Waals surface area contributed by atoms with Crippen LogP contribution >= 0.6 is 0 Å². The van der Waals surface area contributed by atoms with Crippen molar-refractivity contribution in [3.8, 4) is 12.3 Å². The lowest BCUT2D eigenvalue weighted by molar-refractivity contribution is 0.549. The molecule has 1 unspecified atom stereocenters. The summed E-state index contributed by atoms with van der Waals surface area (Å²) in [6.45, 7) is 5.98. The molecule has 3 nitrogen and oxygen atoms in total. The van der Waals surface area contributed by atoms with Crippen LogP contribution in [0.25, 0.3) is 0 Å². The number of terminal acetylenes is 1. The Labute approximate surface area is 93.7 Å². The van der Waals surface area contributed by atoms with Crippen molar-refractivity contribution in [2.45, 2.75) is 46.1 Å². The number of rotatable bonds is 7. The first-order valence-electron chi connectivity index (χ1n) is 5.37. The average Bonchev–Trinajstić information content (AvgIpc) is 2.14. The maximum atomic E-state index is 11.6. The highest BCUT2D eigenvalue weighted by atomic mass is 32.2. The fourth-order valence-corrected chi connectivity index (χ4v) is 2.65. The Morgan fingerprint density at radius 3 is 2.33 bits per heavy atom. The van der Waals surface area contributed by atoms with Crippen LogP contribution in [0.5, 0.6) is 0 Å². The van der Waals surface area contributed by atoms with Crippen LogP contribution in [0.3, 0.4) is 0 Å². The van der Waals surface area contributed by atoms with Crippen molar-refractivity contribution in [2.75, 3.05) is 5.75 Å². The highest BCUT2D eigenvalue weighted by molar-refractivity contribution is 7.89. The fraction of sp³-hybridized carbons (Fsp3) is 0.818. The molecule has 0 aromatic carbocycles. The molecule has 1 atom stereocenters. The van der Waals surface area contributed by atoms with Gasteiger partial charge in [0.2, 0.25) is 10.0 Å². The van der Waals surface area contributed by atoms with E-state index in [9.17, 15) is 8.42 Å². The molecule has 15 heavy (non-hydrogen) atoms. The van der Waals surface area contributed by atoms with Crippen molar-refractivity contribution < 1.29 is 8.42 Å². The average molecular weight is 231 g/mol. The molecule has 0 aliphatic rings. The molecule has 0 aliphatic heterocycles. The standard InChI is InChI=1S/C11H21NO2S/c1-5-7-11(6-2)12-15(13,14)9-8-10(3)4/h2,10-12H,5,7-9H2,1,3-4H3. The molecule has 88 valence electrons. The Morgan fingerprint density at radius 2 is 1.93 bits per heavy atom. The van der Waals surface area contributed by atoms with E-state index in [1.807, 2.05) is 20.8 Å². The smallest absolute Gasteiger partial charge is 0.212 e. The summed E-state index contributed by atoms with van der Waals surface area (Å²) in [5.41, 5.74) is 0. The van der Waals surface area contributed by atoms with E-state index in [0.717, 1.165) is 6.42 Å². The molecular formula is C11H21NO2S. The van der Waals surface area contributed by atoms with Gasteiger partial charge < -0.3 is 0 Å². The van der Waals surface area contributed by atoms with Crippen LogP contribution in [0.4, 0.5) is 0 Å². The highest BCUT2D eigenvalue weighted by Gasteiger charge is 2.15. The Hall–Kier alpha value is -0.530. The Morgan fingerprint density at radius 1 is 1.33 bits per heavy atom. The van der Waals surface area contributed by atoms with Gasteiger partial charge in [0.05, 0.1) is 11.8 Å². The predicted molar refractivity (Wildman–Crippen MR) is 63.9 cm³/mol. The first-order chi connectivity index (χ1) is 6.91. The van der Waals surface area contributed by atoms with Crippen LogP contribution in [0.2, 0.25) is 0 Å². The zero-order chi connectivity index (χ0) is 11.9. The monoisotopic (exact) mass is 231 g/mol. The molecule has 1 N–H and O–H groups in total. The van der Waals surface area contributed by atoms with Crippen LogP contribution in [-0.4, -0.2) is 20.2 Å². The molecule has 0 aliphatic carbocycles. The van der Waals surface area contributed by atoms with Crippen molar-refractivity contribution in [3.05, 3.63) is 0 Å². The molecule has 0 fully saturated rings. The topological polar surface area (TPSA) is 46.2 Å². The molecule has 0 saturated carbocycles. The van der Waals surface area contributed by atoms with Crippen molar-refractivity contribution in [1.29, 1.82) is 0 Å². The SMILES string of the molecule is C#CC(CCC)NS(=O)(=O)CCC(C)C. The Bertz CT molecular complexity index is 301. The second kappa shape index (κ2) is 6.86. The normalized spacial score (nSPS) is 13.8. The van der Waals surface area contributed by atoms with E-state index < -0.39 is 10.0 Å². The third-order valence-corrected chi connectivity index (χ3v) is 3.48. The van der Waals surface area contributed by atoms with Crippen LogP contribution in [0.15, 0.2) is 0 Å². The van der Waals surface area contributed by atoms with Gasteiger partial charge >= 0.3 is 0 Å². The van der Waals surface area contributed by atoms with E-state index in [4.69, 9.17) is 6.42 Å². The Kier molecular flexibility index (Phi) is 6.62. The van der Waals surface area contributed by atoms with Gasteiger partial charge in [0.25, 0.3) is 0 Å². The van der Waals surface area contributed by atoms with Crippen molar-refractivity contribution >= 4 is 10.0 Å². The van der Waals surface area contributed by atoms with Gasteiger partial charge in [-0.15, -0.1) is 6.42 Å². The molecule has 0 aromatic rings. The summed E-state index contributed by atoms with van der Waals surface area (Å²) in [5, 5.41) is 0. The van der Waals surface area contributed by atoms with Gasteiger partial charge in [0, 0.05) is 0 Å². The summed E-state index contributed by atoms with van der Waals surface area (Å²) in [6.07, 6.45) is 7.48. The van der Waals surface area contributed by atoms with Crippen LogP contribution < -0.4 is 4.72 Å². The van der Waals surface area contributed by atoms with E-state index >= 15 is 0 Å². The lowest BCUT2D eigenvalue weighted by atomic mass is 10.2. The highest BCUT2D eigenvalue weighted by Crippen LogP contribution is 2.04. The summed E-state index contributed by atoms with van der Waals surface area (Å²) < 4.78 is 25.7. The molecule has 0 aromatic heterocycles. The van der Waals surface area contributed by atoms with Gasteiger partial charge in [-0.25, -0.2) is 13.1 Å². The van der Waals surface area contributed by atoms with Crippen LogP contribution in [0, 0.1) is 18.3 Å². The minimum atomic E-state index is -3.20. The van der Waals surface area contributed by atoms with Crippen LogP contribution in [-0.2, 0) is 10.0 Å². The van der Waals surface area contributed by atoms with Crippen molar-refractivity contribution in [3.63, 3.8) is 0 Å². The largest absolute Gasteiger partial charge is 0.212 e. The van der Waals surface area contributed by atoms with Crippen LogP contribution in [0.1, 0.15) is 40.0 Å². The van der Waals surface area contributed by atoms with E-state index in [-0.39, 0.29) is 11.8 Å². The zero-order valence-corrected chi connectivity index (χ0v) is 10.6. The molecule has 0 amide bonds. The summed E-state index contributed by atoms with van der Waals surface area (Å²) in [4.78, 5) is 0. The molecule has 0 radical (unpaired) electrons. The lowest BCUT2D eigenvalue weighted by Gasteiger charge is -2.13. The summed E-state index contributed by atoms with van der Waals surface area (Å²) >= 11 is 0. The van der Waals surface area contributed by atoms with Gasteiger partial charge in [-0.3, -0.25) is 0 Å². The summed E-state index contributed by atoms with van der Waals surface area (Å²) in [5.74, 6) is 3.00. The van der Waals surface area contributed by atoms with Gasteiger partial charge in [-0.1, -0.05) is 33.1 Å². The second-order valence-electron chi connectivity index (χ2n) is 4.13. The molecule has 0 rings (SSSR count). The summed E-state index contributed by atoms with van der Waals surface area (Å²) in [7, 11) is -3.20. The minimum absolute atomic E-state index is 0.159. The molecule has 4 heteroatoms. The minimum Gasteiger partial charge on any atom is -0.212 e. The molecule has 0 bridgehead atoms. The quantitative estimate of drug-likeness (QED) is 0.679. The van der Waals surface area contributed by atoms with Gasteiger partial charge in [0.1, 0.15) is 0 Å². The lowest BCUT2D eigenvalue weighted by Crippen LogP contribution is -2.35. The second-order valence-corrected chi connectivity index (χ2v) is 6.00. The Balaban J connectivity index is 4.18. The van der Waals surface area contributed by atoms with Gasteiger partial charge in [0.15, 0.2) is 0 Å². The molecule has 0 saturated heterocycles. The molecule has 0 heterocycles. The number of sulfonamides is 1. The van der Waals surface area contributed by atoms with E-state index in [0.29, 0.717) is 18.8 Å². The number of nitrogens with one attached hydrogen (secondary N) is 1. The third-order valence-electron chi connectivity index (χ3n) is 2.06. The number of hydrogen-bond donors (Lipinski definition) is 1. The van der Waals surface area contributed by atoms with E-state index in [2.05, 4.69) is 10.6 Å².